The lowest BCUT2D eigenvalue weighted by Crippen LogP contribution is -2.36. The molecule has 2 rings (SSSR count). The number of carbonyl (C=O) groups excluding carboxylic acids is 3. The van der Waals surface area contributed by atoms with Crippen LogP contribution in [0.25, 0.3) is 0 Å². The number of urea groups is 1. The van der Waals surface area contributed by atoms with Gasteiger partial charge in [0.15, 0.2) is 0 Å². The quantitative estimate of drug-likeness (QED) is 0.145. The third kappa shape index (κ3) is 7.24. The lowest BCUT2D eigenvalue weighted by atomic mass is 10.0. The van der Waals surface area contributed by atoms with Gasteiger partial charge in [-0.25, -0.2) is 4.79 Å². The van der Waals surface area contributed by atoms with E-state index in [4.69, 9.17) is 0 Å². The molecular weight excluding hydrogens is 376 g/mol. The van der Waals surface area contributed by atoms with E-state index in [0.717, 1.165) is 44.3 Å². The minimum atomic E-state index is -0.330. The standard InChI is InChI=1S/C16H28N4O4S2/c21-13(17-9-5-1-2-8-14(22)24-20-25)7-4-3-6-12-15-11(10-26-12)18-16(23)19-15/h11-12,15,20,25H,1-10H2,(H,17,21)(H2,18,19,23)/t11?,12-,15?/m0/s1. The maximum Gasteiger partial charge on any atom is 0.325 e. The minimum absolute atomic E-state index is 0.0556. The van der Waals surface area contributed by atoms with Crippen molar-refractivity contribution >= 4 is 42.5 Å². The molecular formula is C16H28N4O4S2. The van der Waals surface area contributed by atoms with Gasteiger partial charge in [0.05, 0.1) is 12.1 Å². The Morgan fingerprint density at radius 2 is 1.96 bits per heavy atom. The highest BCUT2D eigenvalue weighted by Gasteiger charge is 2.42. The van der Waals surface area contributed by atoms with Crippen LogP contribution >= 0.6 is 24.6 Å². The predicted molar refractivity (Wildman–Crippen MR) is 104 cm³/mol. The SMILES string of the molecule is O=C(CCCC[C@@H]1SCC2NC(=O)NC21)NCCCCCC(=O)ONS. The maximum absolute atomic E-state index is 11.8. The monoisotopic (exact) mass is 404 g/mol. The molecule has 2 saturated heterocycles. The first-order valence-corrected chi connectivity index (χ1v) is 10.6. The second-order valence-electron chi connectivity index (χ2n) is 6.59. The summed E-state index contributed by atoms with van der Waals surface area (Å²) in [4.78, 5) is 40.8. The predicted octanol–water partition coefficient (Wildman–Crippen LogP) is 1.28. The summed E-state index contributed by atoms with van der Waals surface area (Å²) in [5, 5.41) is 9.29. The van der Waals surface area contributed by atoms with Crippen molar-refractivity contribution in [3.63, 3.8) is 0 Å². The topological polar surface area (TPSA) is 109 Å². The minimum Gasteiger partial charge on any atom is -0.360 e. The van der Waals surface area contributed by atoms with Crippen molar-refractivity contribution in [3.8, 4) is 0 Å². The van der Waals surface area contributed by atoms with Crippen LogP contribution < -0.4 is 20.8 Å². The number of thiol groups is 1. The zero-order chi connectivity index (χ0) is 18.8. The Bertz CT molecular complexity index is 495. The molecule has 0 aromatic heterocycles. The van der Waals surface area contributed by atoms with Gasteiger partial charge in [-0.05, 0) is 25.7 Å². The van der Waals surface area contributed by atoms with Crippen LogP contribution in [0.5, 0.6) is 0 Å². The zero-order valence-corrected chi connectivity index (χ0v) is 16.5. The Labute approximate surface area is 163 Å². The van der Waals surface area contributed by atoms with Crippen molar-refractivity contribution in [1.82, 2.24) is 20.8 Å². The summed E-state index contributed by atoms with van der Waals surface area (Å²) in [5.74, 6) is 0.720. The number of thioether (sulfide) groups is 1. The highest BCUT2D eigenvalue weighted by molar-refractivity contribution is 8.00. The van der Waals surface area contributed by atoms with Crippen molar-refractivity contribution < 1.29 is 19.2 Å². The molecule has 10 heteroatoms. The van der Waals surface area contributed by atoms with E-state index in [1.807, 2.05) is 11.8 Å². The van der Waals surface area contributed by atoms with Crippen LogP contribution in [0.2, 0.25) is 0 Å². The van der Waals surface area contributed by atoms with E-state index in [1.165, 1.54) is 0 Å². The molecule has 3 amide bonds. The smallest absolute Gasteiger partial charge is 0.325 e. The van der Waals surface area contributed by atoms with Gasteiger partial charge in [-0.1, -0.05) is 30.5 Å². The molecule has 26 heavy (non-hydrogen) atoms. The summed E-state index contributed by atoms with van der Waals surface area (Å²) in [5.41, 5.74) is 0. The fourth-order valence-corrected chi connectivity index (χ4v) is 4.91. The normalized spacial score (nSPS) is 23.9. The van der Waals surface area contributed by atoms with Crippen molar-refractivity contribution in [2.24, 2.45) is 0 Å². The van der Waals surface area contributed by atoms with Gasteiger partial charge in [-0.15, -0.1) is 0 Å². The number of carbonyl (C=O) groups is 3. The fraction of sp³-hybridized carbons (Fsp3) is 0.812. The molecule has 0 spiro atoms. The molecule has 2 aliphatic rings. The molecule has 8 nitrogen and oxygen atoms in total. The van der Waals surface area contributed by atoms with Crippen LogP contribution in [-0.4, -0.2) is 47.5 Å². The van der Waals surface area contributed by atoms with E-state index in [0.29, 0.717) is 24.6 Å². The van der Waals surface area contributed by atoms with Gasteiger partial charge in [-0.3, -0.25) is 9.59 Å². The van der Waals surface area contributed by atoms with E-state index in [1.54, 1.807) is 0 Å². The molecule has 0 bridgehead atoms. The molecule has 2 heterocycles. The second-order valence-corrected chi connectivity index (χ2v) is 8.05. The van der Waals surface area contributed by atoms with Crippen LogP contribution in [-0.2, 0) is 14.4 Å². The van der Waals surface area contributed by atoms with Gasteiger partial charge >= 0.3 is 12.0 Å². The van der Waals surface area contributed by atoms with Crippen molar-refractivity contribution in [2.45, 2.75) is 68.7 Å². The highest BCUT2D eigenvalue weighted by Crippen LogP contribution is 2.33. The summed E-state index contributed by atoms with van der Waals surface area (Å²) in [6, 6.07) is 0.443. The molecule has 2 unspecified atom stereocenters. The van der Waals surface area contributed by atoms with E-state index in [-0.39, 0.29) is 30.0 Å². The van der Waals surface area contributed by atoms with Gasteiger partial charge in [-0.2, -0.15) is 11.8 Å². The Morgan fingerprint density at radius 3 is 2.77 bits per heavy atom. The van der Waals surface area contributed by atoms with Crippen LogP contribution in [0.1, 0.15) is 51.4 Å². The number of unbranched alkanes of at least 4 members (excludes halogenated alkanes) is 3. The molecule has 0 radical (unpaired) electrons. The van der Waals surface area contributed by atoms with Crippen LogP contribution in [0, 0.1) is 0 Å². The number of amides is 3. The third-order valence-electron chi connectivity index (χ3n) is 4.62. The lowest BCUT2D eigenvalue weighted by Gasteiger charge is -2.16. The molecule has 0 saturated carbocycles. The summed E-state index contributed by atoms with van der Waals surface area (Å²) in [7, 11) is 0. The average Bonchev–Trinajstić information content (AvgIpc) is 3.14. The first-order chi connectivity index (χ1) is 12.6. The Hall–Kier alpha value is -1.13. The van der Waals surface area contributed by atoms with E-state index in [9.17, 15) is 14.4 Å². The van der Waals surface area contributed by atoms with Crippen LogP contribution in [0.3, 0.4) is 0 Å². The van der Waals surface area contributed by atoms with E-state index < -0.39 is 0 Å². The largest absolute Gasteiger partial charge is 0.360 e. The van der Waals surface area contributed by atoms with Crippen molar-refractivity contribution in [1.29, 1.82) is 0 Å². The maximum atomic E-state index is 11.8. The number of fused-ring (bicyclic) bond motifs is 1. The van der Waals surface area contributed by atoms with Crippen LogP contribution in [0.15, 0.2) is 0 Å². The van der Waals surface area contributed by atoms with Gasteiger partial charge in [0.2, 0.25) is 5.91 Å². The Morgan fingerprint density at radius 1 is 1.15 bits per heavy atom. The molecule has 0 aliphatic carbocycles. The Balaban J connectivity index is 1.42. The van der Waals surface area contributed by atoms with E-state index >= 15 is 0 Å². The van der Waals surface area contributed by atoms with Gasteiger partial charge < -0.3 is 20.8 Å². The number of hydrogen-bond donors (Lipinski definition) is 5. The van der Waals surface area contributed by atoms with Gasteiger partial charge in [0.25, 0.3) is 0 Å². The van der Waals surface area contributed by atoms with Crippen molar-refractivity contribution in [2.75, 3.05) is 12.3 Å². The fourth-order valence-electron chi connectivity index (χ4n) is 3.26. The van der Waals surface area contributed by atoms with Crippen LogP contribution in [0.4, 0.5) is 4.79 Å². The molecule has 3 atom stereocenters. The van der Waals surface area contributed by atoms with Crippen molar-refractivity contribution in [3.05, 3.63) is 0 Å². The first kappa shape index (κ1) is 21.2. The first-order valence-electron chi connectivity index (χ1n) is 9.14. The second kappa shape index (κ2) is 11.6. The highest BCUT2D eigenvalue weighted by atomic mass is 32.2. The summed E-state index contributed by atoms with van der Waals surface area (Å²) in [6.07, 6.45) is 6.21. The molecule has 2 aliphatic heterocycles. The zero-order valence-electron chi connectivity index (χ0n) is 14.8. The molecule has 0 aromatic carbocycles. The number of nitrogens with one attached hydrogen (secondary N) is 4. The summed E-state index contributed by atoms with van der Waals surface area (Å²) in [6.45, 7) is 0.638. The third-order valence-corrected chi connectivity index (χ3v) is 6.22. The number of rotatable bonds is 12. The number of hydrogen-bond acceptors (Lipinski definition) is 7. The molecule has 0 aromatic rings. The van der Waals surface area contributed by atoms with E-state index in [2.05, 4.69) is 38.5 Å². The molecule has 2 fully saturated rings. The van der Waals surface area contributed by atoms with Gasteiger partial charge in [0.1, 0.15) is 0 Å². The molecule has 4 N–H and O–H groups in total. The Kier molecular flexibility index (Phi) is 9.41. The van der Waals surface area contributed by atoms with Gasteiger partial charge in [0, 0.05) is 30.4 Å². The summed E-state index contributed by atoms with van der Waals surface area (Å²) < 4.78 is 0. The summed E-state index contributed by atoms with van der Waals surface area (Å²) >= 11 is 5.48. The molecule has 148 valence electrons. The lowest BCUT2D eigenvalue weighted by molar-refractivity contribution is -0.146. The average molecular weight is 405 g/mol.